The van der Waals surface area contributed by atoms with Crippen molar-refractivity contribution < 1.29 is 19.1 Å². The number of fused-ring (bicyclic) bond motifs is 2. The van der Waals surface area contributed by atoms with Crippen molar-refractivity contribution in [2.75, 3.05) is 13.7 Å². The zero-order valence-corrected chi connectivity index (χ0v) is 23.1. The summed E-state index contributed by atoms with van der Waals surface area (Å²) in [6.45, 7) is 7.78. The summed E-state index contributed by atoms with van der Waals surface area (Å²) < 4.78 is 11.0. The molecule has 0 aliphatic heterocycles. The number of rotatable bonds is 6. The highest BCUT2D eigenvalue weighted by molar-refractivity contribution is 6.08. The lowest BCUT2D eigenvalue weighted by Crippen LogP contribution is -2.21. The number of hydrogen-bond acceptors (Lipinski definition) is 5. The first-order chi connectivity index (χ1) is 18.7. The van der Waals surface area contributed by atoms with E-state index in [-0.39, 0.29) is 12.4 Å². The van der Waals surface area contributed by atoms with E-state index in [2.05, 4.69) is 13.0 Å². The van der Waals surface area contributed by atoms with Gasteiger partial charge in [0.15, 0.2) is 6.61 Å². The molecule has 0 amide bonds. The monoisotopic (exact) mass is 519 g/mol. The van der Waals surface area contributed by atoms with Crippen LogP contribution in [0, 0.1) is 26.7 Å². The second kappa shape index (κ2) is 10.9. The summed E-state index contributed by atoms with van der Waals surface area (Å²) in [5, 5.41) is 0.744. The average Bonchev–Trinajstić information content (AvgIpc) is 2.93. The summed E-state index contributed by atoms with van der Waals surface area (Å²) in [6, 6.07) is 19.4. The Bertz CT molecular complexity index is 1620. The summed E-state index contributed by atoms with van der Waals surface area (Å²) in [5.41, 5.74) is 8.70. The van der Waals surface area contributed by atoms with Crippen molar-refractivity contribution in [1.82, 2.24) is 4.98 Å². The SMILES string of the molecule is COc1ccc(/C=C2/C[C@@H](C)Cc3c2nc2ccccc2c3C(=O)OCC(=O)c2cc(C)c(C)cc2C)cc1. The first-order valence-electron chi connectivity index (χ1n) is 13.3. The van der Waals surface area contributed by atoms with Gasteiger partial charge in [-0.25, -0.2) is 9.78 Å². The Labute approximate surface area is 229 Å². The second-order valence-electron chi connectivity index (χ2n) is 10.5. The van der Waals surface area contributed by atoms with Crippen LogP contribution in [0.25, 0.3) is 22.6 Å². The number of Topliss-reactive ketones (excluding diaryl/α,β-unsaturated/α-hetero) is 1. The van der Waals surface area contributed by atoms with Crippen LogP contribution >= 0.6 is 0 Å². The number of allylic oxidation sites excluding steroid dienone is 1. The fraction of sp³-hybridized carbons (Fsp3) is 0.265. The Hall–Kier alpha value is -4.25. The van der Waals surface area contributed by atoms with E-state index in [4.69, 9.17) is 14.5 Å². The number of aromatic nitrogens is 1. The molecular formula is C34H33NO4. The Kier molecular flexibility index (Phi) is 7.34. The predicted molar refractivity (Wildman–Crippen MR) is 155 cm³/mol. The van der Waals surface area contributed by atoms with Crippen LogP contribution in [0.2, 0.25) is 0 Å². The van der Waals surface area contributed by atoms with E-state index >= 15 is 0 Å². The molecule has 198 valence electrons. The maximum atomic E-state index is 13.7. The summed E-state index contributed by atoms with van der Waals surface area (Å²) >= 11 is 0. The molecule has 3 aromatic carbocycles. The number of nitrogens with zero attached hydrogens (tertiary/aromatic N) is 1. The molecular weight excluding hydrogens is 486 g/mol. The molecule has 1 heterocycles. The Morgan fingerprint density at radius 1 is 0.949 bits per heavy atom. The third-order valence-electron chi connectivity index (χ3n) is 7.55. The summed E-state index contributed by atoms with van der Waals surface area (Å²) in [7, 11) is 1.65. The number of carbonyl (C=O) groups excluding carboxylic acids is 2. The smallest absolute Gasteiger partial charge is 0.339 e. The summed E-state index contributed by atoms with van der Waals surface area (Å²) in [5.74, 6) is 0.424. The van der Waals surface area contributed by atoms with E-state index in [0.717, 1.165) is 62.2 Å². The fourth-order valence-electron chi connectivity index (χ4n) is 5.41. The van der Waals surface area contributed by atoms with Gasteiger partial charge in [0.05, 0.1) is 23.9 Å². The molecule has 0 spiro atoms. The zero-order chi connectivity index (χ0) is 27.7. The largest absolute Gasteiger partial charge is 0.497 e. The maximum absolute atomic E-state index is 13.7. The van der Waals surface area contributed by atoms with Gasteiger partial charge < -0.3 is 9.47 Å². The summed E-state index contributed by atoms with van der Waals surface area (Å²) in [6.07, 6.45) is 3.70. The van der Waals surface area contributed by atoms with Crippen molar-refractivity contribution in [1.29, 1.82) is 0 Å². The summed E-state index contributed by atoms with van der Waals surface area (Å²) in [4.78, 5) is 31.8. The number of aryl methyl sites for hydroxylation is 3. The van der Waals surface area contributed by atoms with Gasteiger partial charge in [0.2, 0.25) is 5.78 Å². The molecule has 0 saturated carbocycles. The number of hydrogen-bond donors (Lipinski definition) is 0. The van der Waals surface area contributed by atoms with Crippen LogP contribution in [0.15, 0.2) is 60.7 Å². The molecule has 39 heavy (non-hydrogen) atoms. The van der Waals surface area contributed by atoms with Crippen LogP contribution in [-0.2, 0) is 11.2 Å². The van der Waals surface area contributed by atoms with Crippen LogP contribution in [-0.4, -0.2) is 30.5 Å². The van der Waals surface area contributed by atoms with E-state index in [9.17, 15) is 9.59 Å². The predicted octanol–water partition coefficient (Wildman–Crippen LogP) is 7.33. The Morgan fingerprint density at radius 2 is 1.67 bits per heavy atom. The average molecular weight is 520 g/mol. The second-order valence-corrected chi connectivity index (χ2v) is 10.5. The lowest BCUT2D eigenvalue weighted by atomic mass is 9.80. The van der Waals surface area contributed by atoms with Crippen molar-refractivity contribution in [2.24, 2.45) is 5.92 Å². The van der Waals surface area contributed by atoms with Gasteiger partial charge in [-0.1, -0.05) is 43.3 Å². The standard InChI is InChI=1S/C34H33NO4/c1-20-14-25(18-24-10-12-26(38-5)13-11-24)33-29(15-20)32(27-8-6-7-9-30(27)35-33)34(37)39-19-31(36)28-17-22(3)21(2)16-23(28)4/h6-13,16-18,20H,14-15,19H2,1-5H3/b25-18-/t20-/m1/s1. The minimum absolute atomic E-state index is 0.204. The number of ketones is 1. The van der Waals surface area contributed by atoms with Gasteiger partial charge in [-0.2, -0.15) is 0 Å². The number of methoxy groups -OCH3 is 1. The number of pyridine rings is 1. The van der Waals surface area contributed by atoms with Crippen LogP contribution in [0.5, 0.6) is 5.75 Å². The number of carbonyl (C=O) groups is 2. The van der Waals surface area contributed by atoms with Crippen LogP contribution in [0.4, 0.5) is 0 Å². The zero-order valence-electron chi connectivity index (χ0n) is 23.1. The normalized spacial score (nSPS) is 15.7. The highest BCUT2D eigenvalue weighted by Crippen LogP contribution is 2.39. The number of esters is 1. The van der Waals surface area contributed by atoms with Gasteiger partial charge in [-0.05, 0) is 103 Å². The minimum Gasteiger partial charge on any atom is -0.497 e. The molecule has 0 N–H and O–H groups in total. The number of ether oxygens (including phenoxy) is 2. The van der Waals surface area contributed by atoms with Gasteiger partial charge in [0.1, 0.15) is 5.75 Å². The van der Waals surface area contributed by atoms with E-state index in [1.807, 2.05) is 81.4 Å². The molecule has 1 aromatic heterocycles. The number of para-hydroxylation sites is 1. The Balaban J connectivity index is 1.53. The van der Waals surface area contributed by atoms with Crippen LogP contribution < -0.4 is 4.74 Å². The van der Waals surface area contributed by atoms with Crippen LogP contribution in [0.1, 0.15) is 67.6 Å². The minimum atomic E-state index is -0.488. The van der Waals surface area contributed by atoms with E-state index < -0.39 is 5.97 Å². The molecule has 1 aliphatic rings. The first-order valence-corrected chi connectivity index (χ1v) is 13.3. The van der Waals surface area contributed by atoms with E-state index in [1.165, 1.54) is 0 Å². The molecule has 0 unspecified atom stereocenters. The topological polar surface area (TPSA) is 65.5 Å². The highest BCUT2D eigenvalue weighted by atomic mass is 16.5. The van der Waals surface area contributed by atoms with Crippen molar-refractivity contribution in [2.45, 2.75) is 40.5 Å². The van der Waals surface area contributed by atoms with Gasteiger partial charge >= 0.3 is 5.97 Å². The van der Waals surface area contributed by atoms with E-state index in [1.54, 1.807) is 7.11 Å². The van der Waals surface area contributed by atoms with Gasteiger partial charge in [0, 0.05) is 10.9 Å². The molecule has 5 heteroatoms. The quantitative estimate of drug-likeness (QED) is 0.197. The van der Waals surface area contributed by atoms with Crippen molar-refractivity contribution in [3.8, 4) is 5.75 Å². The molecule has 5 nitrogen and oxygen atoms in total. The third-order valence-corrected chi connectivity index (χ3v) is 7.55. The molecule has 0 radical (unpaired) electrons. The maximum Gasteiger partial charge on any atom is 0.339 e. The highest BCUT2D eigenvalue weighted by Gasteiger charge is 2.29. The first kappa shape index (κ1) is 26.4. The molecule has 0 bridgehead atoms. The van der Waals surface area contributed by atoms with Crippen molar-refractivity contribution in [3.63, 3.8) is 0 Å². The van der Waals surface area contributed by atoms with Gasteiger partial charge in [-0.3, -0.25) is 4.79 Å². The molecule has 4 aromatic rings. The van der Waals surface area contributed by atoms with E-state index in [0.29, 0.717) is 23.5 Å². The van der Waals surface area contributed by atoms with Crippen LogP contribution in [0.3, 0.4) is 0 Å². The number of benzene rings is 3. The van der Waals surface area contributed by atoms with Gasteiger partial charge in [-0.15, -0.1) is 0 Å². The molecule has 0 fully saturated rings. The molecule has 5 rings (SSSR count). The molecule has 1 aliphatic carbocycles. The van der Waals surface area contributed by atoms with Crippen molar-refractivity contribution in [3.05, 3.63) is 105 Å². The third kappa shape index (κ3) is 5.35. The van der Waals surface area contributed by atoms with Crippen molar-refractivity contribution >= 4 is 34.3 Å². The lowest BCUT2D eigenvalue weighted by Gasteiger charge is -2.26. The fourth-order valence-corrected chi connectivity index (χ4v) is 5.41. The van der Waals surface area contributed by atoms with Gasteiger partial charge in [0.25, 0.3) is 0 Å². The molecule has 0 saturated heterocycles. The lowest BCUT2D eigenvalue weighted by molar-refractivity contribution is 0.0475. The Morgan fingerprint density at radius 3 is 2.41 bits per heavy atom. The molecule has 1 atom stereocenters.